The largest absolute Gasteiger partial charge is 0.416 e. The first-order valence-electron chi connectivity index (χ1n) is 7.11. The molecule has 1 aliphatic rings. The zero-order valence-corrected chi connectivity index (χ0v) is 12.2. The van der Waals surface area contributed by atoms with Crippen molar-refractivity contribution in [2.75, 3.05) is 13.6 Å². The number of hydrogen-bond acceptors (Lipinski definition) is 1. The van der Waals surface area contributed by atoms with Crippen LogP contribution in [0.25, 0.3) is 0 Å². The van der Waals surface area contributed by atoms with Gasteiger partial charge in [0, 0.05) is 12.0 Å². The summed E-state index contributed by atoms with van der Waals surface area (Å²) in [5.41, 5.74) is 0.141. The van der Waals surface area contributed by atoms with E-state index in [2.05, 4.69) is 19.2 Å². The van der Waals surface area contributed by atoms with Gasteiger partial charge < -0.3 is 5.32 Å². The van der Waals surface area contributed by atoms with Crippen molar-refractivity contribution in [3.63, 3.8) is 0 Å². The number of nitrogens with one attached hydrogen (secondary N) is 1. The molecule has 0 saturated heterocycles. The molecule has 0 unspecified atom stereocenters. The van der Waals surface area contributed by atoms with Crippen LogP contribution in [0, 0.1) is 11.8 Å². The van der Waals surface area contributed by atoms with Crippen molar-refractivity contribution in [2.24, 2.45) is 11.8 Å². The van der Waals surface area contributed by atoms with Crippen LogP contribution in [0.3, 0.4) is 0 Å². The topological polar surface area (TPSA) is 12.0 Å². The molecule has 1 N–H and O–H groups in total. The molecule has 4 heteroatoms. The van der Waals surface area contributed by atoms with Crippen molar-refractivity contribution in [2.45, 2.75) is 38.3 Å². The van der Waals surface area contributed by atoms with Crippen molar-refractivity contribution in [3.8, 4) is 0 Å². The second-order valence-corrected chi connectivity index (χ2v) is 6.30. The zero-order chi connectivity index (χ0) is 15.0. The molecule has 1 nitrogen and oxygen atoms in total. The van der Waals surface area contributed by atoms with Crippen molar-refractivity contribution < 1.29 is 13.2 Å². The highest BCUT2D eigenvalue weighted by atomic mass is 19.4. The van der Waals surface area contributed by atoms with E-state index in [0.29, 0.717) is 11.8 Å². The summed E-state index contributed by atoms with van der Waals surface area (Å²) < 4.78 is 38.6. The minimum absolute atomic E-state index is 0.134. The van der Waals surface area contributed by atoms with Gasteiger partial charge in [-0.1, -0.05) is 32.0 Å². The number of likely N-dealkylation sites (N-methyl/N-ethyl adjacent to an activating group) is 1. The van der Waals surface area contributed by atoms with Crippen LogP contribution >= 0.6 is 0 Å². The predicted molar refractivity (Wildman–Crippen MR) is 74.6 cm³/mol. The molecule has 1 saturated carbocycles. The summed E-state index contributed by atoms with van der Waals surface area (Å²) in [6, 6.07) is 5.84. The van der Waals surface area contributed by atoms with Crippen LogP contribution < -0.4 is 5.32 Å². The number of alkyl halides is 3. The summed E-state index contributed by atoms with van der Waals surface area (Å²) in [4.78, 5) is 0. The summed E-state index contributed by atoms with van der Waals surface area (Å²) in [7, 11) is 1.86. The Balaban J connectivity index is 2.28. The standard InChI is InChI=1S/C16H22F3N/c1-11(2)12-8-15(9-12,10-20-3)13-5-4-6-14(7-13)16(17,18)19/h4-7,11-12,20H,8-10H2,1-3H3. The number of rotatable bonds is 4. The minimum atomic E-state index is -4.27. The summed E-state index contributed by atoms with van der Waals surface area (Å²) in [6.07, 6.45) is -2.34. The Hall–Kier alpha value is -1.03. The molecule has 0 atom stereocenters. The van der Waals surface area contributed by atoms with Crippen LogP contribution in [-0.4, -0.2) is 13.6 Å². The highest BCUT2D eigenvalue weighted by molar-refractivity contribution is 5.34. The highest BCUT2D eigenvalue weighted by Gasteiger charge is 2.46. The van der Waals surface area contributed by atoms with Crippen LogP contribution in [-0.2, 0) is 11.6 Å². The fourth-order valence-corrected chi connectivity index (χ4v) is 3.26. The van der Waals surface area contributed by atoms with Crippen LogP contribution in [0.5, 0.6) is 0 Å². The zero-order valence-electron chi connectivity index (χ0n) is 12.2. The maximum atomic E-state index is 12.9. The molecule has 0 bridgehead atoms. The van der Waals surface area contributed by atoms with Gasteiger partial charge in [0.2, 0.25) is 0 Å². The predicted octanol–water partition coefficient (Wildman–Crippen LogP) is 4.23. The second-order valence-electron chi connectivity index (χ2n) is 6.30. The van der Waals surface area contributed by atoms with Gasteiger partial charge in [-0.3, -0.25) is 0 Å². The Kier molecular flexibility index (Phi) is 4.14. The van der Waals surface area contributed by atoms with E-state index >= 15 is 0 Å². The summed E-state index contributed by atoms with van der Waals surface area (Å²) in [5, 5.41) is 3.15. The van der Waals surface area contributed by atoms with Gasteiger partial charge in [0.25, 0.3) is 0 Å². The lowest BCUT2D eigenvalue weighted by Crippen LogP contribution is -2.49. The average molecular weight is 285 g/mol. The van der Waals surface area contributed by atoms with E-state index in [9.17, 15) is 13.2 Å². The molecule has 1 aromatic carbocycles. The van der Waals surface area contributed by atoms with Crippen LogP contribution in [0.1, 0.15) is 37.8 Å². The smallest absolute Gasteiger partial charge is 0.319 e. The number of hydrogen-bond donors (Lipinski definition) is 1. The van der Waals surface area contributed by atoms with Gasteiger partial charge in [-0.2, -0.15) is 13.2 Å². The summed E-state index contributed by atoms with van der Waals surface area (Å²) in [5.74, 6) is 1.20. The first kappa shape index (κ1) is 15.4. The van der Waals surface area contributed by atoms with Gasteiger partial charge in [0.1, 0.15) is 0 Å². The fraction of sp³-hybridized carbons (Fsp3) is 0.625. The van der Waals surface area contributed by atoms with Crippen molar-refractivity contribution >= 4 is 0 Å². The number of benzene rings is 1. The lowest BCUT2D eigenvalue weighted by atomic mass is 9.55. The third kappa shape index (κ3) is 2.85. The fourth-order valence-electron chi connectivity index (χ4n) is 3.26. The van der Waals surface area contributed by atoms with Gasteiger partial charge in [0.15, 0.2) is 0 Å². The normalized spacial score (nSPS) is 26.6. The first-order valence-corrected chi connectivity index (χ1v) is 7.11. The van der Waals surface area contributed by atoms with Crippen LogP contribution in [0.4, 0.5) is 13.2 Å². The van der Waals surface area contributed by atoms with E-state index in [4.69, 9.17) is 0 Å². The molecule has 1 fully saturated rings. The molecule has 1 aliphatic carbocycles. The van der Waals surface area contributed by atoms with E-state index in [1.165, 1.54) is 12.1 Å². The second kappa shape index (κ2) is 5.40. The quantitative estimate of drug-likeness (QED) is 0.873. The molecule has 2 rings (SSSR count). The van der Waals surface area contributed by atoms with Crippen molar-refractivity contribution in [1.82, 2.24) is 5.32 Å². The van der Waals surface area contributed by atoms with Gasteiger partial charge >= 0.3 is 6.18 Å². The number of halogens is 3. The van der Waals surface area contributed by atoms with E-state index < -0.39 is 11.7 Å². The highest BCUT2D eigenvalue weighted by Crippen LogP contribution is 2.50. The molecule has 0 heterocycles. The Labute approximate surface area is 118 Å². The summed E-state index contributed by atoms with van der Waals surface area (Å²) in [6.45, 7) is 5.09. The van der Waals surface area contributed by atoms with E-state index in [-0.39, 0.29) is 5.41 Å². The third-order valence-corrected chi connectivity index (χ3v) is 4.57. The van der Waals surface area contributed by atoms with Gasteiger partial charge in [0.05, 0.1) is 5.56 Å². The summed E-state index contributed by atoms with van der Waals surface area (Å²) >= 11 is 0. The molecular weight excluding hydrogens is 263 g/mol. The lowest BCUT2D eigenvalue weighted by Gasteiger charge is -2.50. The van der Waals surface area contributed by atoms with Gasteiger partial charge in [-0.05, 0) is 43.4 Å². The maximum absolute atomic E-state index is 12.9. The Morgan fingerprint density at radius 3 is 2.45 bits per heavy atom. The van der Waals surface area contributed by atoms with E-state index in [0.717, 1.165) is 31.0 Å². The SMILES string of the molecule is CNCC1(c2cccc(C(F)(F)F)c2)CC(C(C)C)C1. The molecule has 0 aromatic heterocycles. The van der Waals surface area contributed by atoms with Crippen molar-refractivity contribution in [3.05, 3.63) is 35.4 Å². The van der Waals surface area contributed by atoms with E-state index in [1.54, 1.807) is 0 Å². The van der Waals surface area contributed by atoms with E-state index in [1.807, 2.05) is 13.1 Å². The first-order chi connectivity index (χ1) is 9.28. The van der Waals surface area contributed by atoms with Crippen LogP contribution in [0.15, 0.2) is 24.3 Å². The molecule has 112 valence electrons. The molecule has 0 radical (unpaired) electrons. The Bertz CT molecular complexity index is 459. The maximum Gasteiger partial charge on any atom is 0.416 e. The molecule has 0 spiro atoms. The minimum Gasteiger partial charge on any atom is -0.319 e. The molecule has 0 amide bonds. The molecule has 1 aromatic rings. The molecule has 20 heavy (non-hydrogen) atoms. The Morgan fingerprint density at radius 2 is 1.95 bits per heavy atom. The third-order valence-electron chi connectivity index (χ3n) is 4.57. The lowest BCUT2D eigenvalue weighted by molar-refractivity contribution is -0.137. The molecular formula is C16H22F3N. The monoisotopic (exact) mass is 285 g/mol. The van der Waals surface area contributed by atoms with Gasteiger partial charge in [-0.25, -0.2) is 0 Å². The van der Waals surface area contributed by atoms with Crippen molar-refractivity contribution in [1.29, 1.82) is 0 Å². The Morgan fingerprint density at radius 1 is 1.30 bits per heavy atom. The average Bonchev–Trinajstić information content (AvgIpc) is 2.32. The molecule has 0 aliphatic heterocycles. The van der Waals surface area contributed by atoms with Crippen LogP contribution in [0.2, 0.25) is 0 Å². The van der Waals surface area contributed by atoms with Gasteiger partial charge in [-0.15, -0.1) is 0 Å².